The molecule has 0 saturated carbocycles. The molecule has 6 heteroatoms. The number of aliphatic imine (C=N–C) groups is 1. The highest BCUT2D eigenvalue weighted by molar-refractivity contribution is 8.18. The van der Waals surface area contributed by atoms with Crippen LogP contribution in [0.15, 0.2) is 52.4 Å². The molecule has 0 aliphatic carbocycles. The molecule has 2 saturated heterocycles. The molecule has 27 heavy (non-hydrogen) atoms. The maximum Gasteiger partial charge on any atom is 0.264 e. The molecule has 0 spiro atoms. The van der Waals surface area contributed by atoms with Crippen molar-refractivity contribution in [3.63, 3.8) is 0 Å². The second-order valence-electron chi connectivity index (χ2n) is 6.69. The van der Waals surface area contributed by atoms with Crippen molar-refractivity contribution >= 4 is 40.3 Å². The third-order valence-corrected chi connectivity index (χ3v) is 5.63. The zero-order valence-electron chi connectivity index (χ0n) is 15.0. The van der Waals surface area contributed by atoms with E-state index in [1.165, 1.54) is 42.4 Å². The number of hydrogen-bond acceptors (Lipinski definition) is 4. The van der Waals surface area contributed by atoms with Crippen molar-refractivity contribution in [2.24, 2.45) is 4.99 Å². The molecule has 4 nitrogen and oxygen atoms in total. The van der Waals surface area contributed by atoms with Gasteiger partial charge in [-0.15, -0.1) is 0 Å². The average Bonchev–Trinajstić information content (AvgIpc) is 3.29. The van der Waals surface area contributed by atoms with Gasteiger partial charge in [0.25, 0.3) is 5.91 Å². The summed E-state index contributed by atoms with van der Waals surface area (Å²) in [6, 6.07) is 12.2. The first-order chi connectivity index (χ1) is 13.1. The summed E-state index contributed by atoms with van der Waals surface area (Å²) in [7, 11) is 0. The van der Waals surface area contributed by atoms with E-state index in [0.717, 1.165) is 24.2 Å². The van der Waals surface area contributed by atoms with Crippen LogP contribution in [0.2, 0.25) is 0 Å². The van der Waals surface area contributed by atoms with Crippen molar-refractivity contribution < 1.29 is 9.18 Å². The number of nitrogens with zero attached hydrogens (tertiary/aromatic N) is 2. The maximum absolute atomic E-state index is 13.0. The fourth-order valence-corrected chi connectivity index (χ4v) is 4.08. The number of anilines is 1. The summed E-state index contributed by atoms with van der Waals surface area (Å²) in [5.41, 5.74) is 4.02. The summed E-state index contributed by atoms with van der Waals surface area (Å²) in [5.74, 6) is -0.473. The summed E-state index contributed by atoms with van der Waals surface area (Å²) in [6.07, 6.45) is 4.39. The first-order valence-corrected chi connectivity index (χ1v) is 9.81. The number of nitrogens with one attached hydrogen (secondary N) is 1. The highest BCUT2D eigenvalue weighted by Gasteiger charge is 2.24. The molecule has 2 aromatic carbocycles. The fourth-order valence-electron chi connectivity index (χ4n) is 3.25. The third kappa shape index (κ3) is 4.06. The van der Waals surface area contributed by atoms with Crippen molar-refractivity contribution in [2.75, 3.05) is 18.0 Å². The third-order valence-electron chi connectivity index (χ3n) is 4.72. The number of amidine groups is 1. The van der Waals surface area contributed by atoms with Gasteiger partial charge in [-0.25, -0.2) is 9.38 Å². The average molecular weight is 381 g/mol. The SMILES string of the molecule is Cc1cc(N2CCCC2)ccc1C=C1SC(=Nc2ccc(F)cc2)NC1=O. The second kappa shape index (κ2) is 7.56. The quantitative estimate of drug-likeness (QED) is 0.789. The smallest absolute Gasteiger partial charge is 0.264 e. The van der Waals surface area contributed by atoms with Gasteiger partial charge in [-0.2, -0.15) is 0 Å². The highest BCUT2D eigenvalue weighted by atomic mass is 32.2. The normalized spacial score (nSPS) is 19.9. The van der Waals surface area contributed by atoms with Crippen LogP contribution in [0.5, 0.6) is 0 Å². The van der Waals surface area contributed by atoms with Crippen molar-refractivity contribution in [1.82, 2.24) is 5.32 Å². The van der Waals surface area contributed by atoms with Gasteiger partial charge in [0.2, 0.25) is 0 Å². The predicted molar refractivity (Wildman–Crippen MR) is 110 cm³/mol. The van der Waals surface area contributed by atoms with Crippen LogP contribution in [-0.4, -0.2) is 24.2 Å². The van der Waals surface area contributed by atoms with Crippen molar-refractivity contribution in [1.29, 1.82) is 0 Å². The van der Waals surface area contributed by atoms with E-state index in [4.69, 9.17) is 0 Å². The van der Waals surface area contributed by atoms with Crippen LogP contribution < -0.4 is 10.2 Å². The van der Waals surface area contributed by atoms with Crippen LogP contribution >= 0.6 is 11.8 Å². The molecule has 2 fully saturated rings. The zero-order chi connectivity index (χ0) is 18.8. The van der Waals surface area contributed by atoms with Crippen LogP contribution in [0.3, 0.4) is 0 Å². The first kappa shape index (κ1) is 17.8. The Kier molecular flexibility index (Phi) is 4.99. The molecule has 138 valence electrons. The van der Waals surface area contributed by atoms with Crippen molar-refractivity contribution in [3.8, 4) is 0 Å². The Labute approximate surface area is 162 Å². The molecular weight excluding hydrogens is 361 g/mol. The summed E-state index contributed by atoms with van der Waals surface area (Å²) in [5, 5.41) is 3.27. The van der Waals surface area contributed by atoms with E-state index in [0.29, 0.717) is 15.8 Å². The number of aryl methyl sites for hydroxylation is 1. The van der Waals surface area contributed by atoms with Crippen LogP contribution in [0.25, 0.3) is 6.08 Å². The highest BCUT2D eigenvalue weighted by Crippen LogP contribution is 2.30. The number of amides is 1. The Morgan fingerprint density at radius 3 is 2.59 bits per heavy atom. The molecule has 0 atom stereocenters. The zero-order valence-corrected chi connectivity index (χ0v) is 15.9. The Bertz CT molecular complexity index is 931. The largest absolute Gasteiger partial charge is 0.372 e. The van der Waals surface area contributed by atoms with E-state index in [9.17, 15) is 9.18 Å². The van der Waals surface area contributed by atoms with Gasteiger partial charge in [0.15, 0.2) is 5.17 Å². The minimum absolute atomic E-state index is 0.163. The molecule has 2 heterocycles. The summed E-state index contributed by atoms with van der Waals surface area (Å²) in [4.78, 5) is 19.6. The Morgan fingerprint density at radius 1 is 1.15 bits per heavy atom. The van der Waals surface area contributed by atoms with Gasteiger partial charge in [-0.1, -0.05) is 6.07 Å². The fraction of sp³-hybridized carbons (Fsp3) is 0.238. The molecule has 1 amide bonds. The minimum Gasteiger partial charge on any atom is -0.372 e. The van der Waals surface area contributed by atoms with Crippen LogP contribution in [0, 0.1) is 12.7 Å². The first-order valence-electron chi connectivity index (χ1n) is 8.99. The summed E-state index contributed by atoms with van der Waals surface area (Å²) in [6.45, 7) is 4.29. The molecule has 4 rings (SSSR count). The molecule has 2 aliphatic rings. The molecular formula is C21H20FN3OS. The topological polar surface area (TPSA) is 44.7 Å². The van der Waals surface area contributed by atoms with Gasteiger partial charge in [-0.3, -0.25) is 4.79 Å². The molecule has 2 aromatic rings. The lowest BCUT2D eigenvalue weighted by Gasteiger charge is -2.18. The van der Waals surface area contributed by atoms with Gasteiger partial charge in [0.05, 0.1) is 10.6 Å². The lowest BCUT2D eigenvalue weighted by atomic mass is 10.1. The van der Waals surface area contributed by atoms with Crippen LogP contribution in [-0.2, 0) is 4.79 Å². The van der Waals surface area contributed by atoms with Crippen molar-refractivity contribution in [2.45, 2.75) is 19.8 Å². The number of carbonyl (C=O) groups is 1. The van der Waals surface area contributed by atoms with E-state index < -0.39 is 0 Å². The van der Waals surface area contributed by atoms with Gasteiger partial charge in [0, 0.05) is 18.8 Å². The number of hydrogen-bond donors (Lipinski definition) is 1. The van der Waals surface area contributed by atoms with E-state index in [1.807, 2.05) is 6.08 Å². The molecule has 0 unspecified atom stereocenters. The number of carbonyl (C=O) groups excluding carboxylic acids is 1. The van der Waals surface area contributed by atoms with Crippen LogP contribution in [0.1, 0.15) is 24.0 Å². The van der Waals surface area contributed by atoms with Gasteiger partial charge >= 0.3 is 0 Å². The standard InChI is InChI=1S/C21H20FN3OS/c1-14-12-18(25-10-2-3-11-25)9-4-15(14)13-19-20(26)24-21(27-19)23-17-7-5-16(22)6-8-17/h4-9,12-13H,2-3,10-11H2,1H3,(H,23,24,26). The van der Waals surface area contributed by atoms with E-state index in [-0.39, 0.29) is 11.7 Å². The summed E-state index contributed by atoms with van der Waals surface area (Å²) >= 11 is 1.30. The summed E-state index contributed by atoms with van der Waals surface area (Å²) < 4.78 is 13.0. The molecule has 0 aromatic heterocycles. The van der Waals surface area contributed by atoms with E-state index in [2.05, 4.69) is 40.3 Å². The van der Waals surface area contributed by atoms with Gasteiger partial charge in [-0.05, 0) is 85.1 Å². The van der Waals surface area contributed by atoms with Gasteiger partial charge in [0.1, 0.15) is 5.82 Å². The number of halogens is 1. The van der Waals surface area contributed by atoms with E-state index >= 15 is 0 Å². The monoisotopic (exact) mass is 381 g/mol. The Balaban J connectivity index is 1.53. The van der Waals surface area contributed by atoms with Crippen LogP contribution in [0.4, 0.5) is 15.8 Å². The minimum atomic E-state index is -0.310. The van der Waals surface area contributed by atoms with Gasteiger partial charge < -0.3 is 10.2 Å². The molecule has 1 N–H and O–H groups in total. The number of thioether (sulfide) groups is 1. The predicted octanol–water partition coefficient (Wildman–Crippen LogP) is 4.63. The van der Waals surface area contributed by atoms with E-state index in [1.54, 1.807) is 12.1 Å². The number of rotatable bonds is 3. The number of benzene rings is 2. The second-order valence-corrected chi connectivity index (χ2v) is 7.72. The Morgan fingerprint density at radius 2 is 1.89 bits per heavy atom. The lowest BCUT2D eigenvalue weighted by molar-refractivity contribution is -0.115. The lowest BCUT2D eigenvalue weighted by Crippen LogP contribution is -2.19. The molecule has 2 aliphatic heterocycles. The van der Waals surface area contributed by atoms with Crippen molar-refractivity contribution in [3.05, 3.63) is 64.3 Å². The maximum atomic E-state index is 13.0. The molecule has 0 radical (unpaired) electrons. The Hall–Kier alpha value is -2.60. The molecule has 0 bridgehead atoms.